The fourth-order valence-electron chi connectivity index (χ4n) is 1.81. The SMILES string of the molecule is CC(O)CC(C)(C)C(=O)c1ccccc1. The smallest absolute Gasteiger partial charge is 0.168 e. The molecule has 2 nitrogen and oxygen atoms in total. The maximum atomic E-state index is 12.1. The van der Waals surface area contributed by atoms with E-state index in [0.29, 0.717) is 12.0 Å². The van der Waals surface area contributed by atoms with Gasteiger partial charge in [0.25, 0.3) is 0 Å². The lowest BCUT2D eigenvalue weighted by Gasteiger charge is -2.24. The van der Waals surface area contributed by atoms with Crippen LogP contribution in [0.1, 0.15) is 37.6 Å². The van der Waals surface area contributed by atoms with Gasteiger partial charge in [-0.2, -0.15) is 0 Å². The van der Waals surface area contributed by atoms with Gasteiger partial charge in [-0.15, -0.1) is 0 Å². The van der Waals surface area contributed by atoms with Gasteiger partial charge in [0, 0.05) is 11.0 Å². The zero-order valence-electron chi connectivity index (χ0n) is 9.53. The van der Waals surface area contributed by atoms with E-state index in [9.17, 15) is 9.90 Å². The molecule has 1 aromatic carbocycles. The number of rotatable bonds is 4. The highest BCUT2D eigenvalue weighted by molar-refractivity contribution is 5.99. The summed E-state index contributed by atoms with van der Waals surface area (Å²) >= 11 is 0. The number of benzene rings is 1. The van der Waals surface area contributed by atoms with Crippen LogP contribution in [0, 0.1) is 5.41 Å². The minimum Gasteiger partial charge on any atom is -0.393 e. The molecule has 0 radical (unpaired) electrons. The van der Waals surface area contributed by atoms with Gasteiger partial charge in [-0.05, 0) is 13.3 Å². The van der Waals surface area contributed by atoms with Gasteiger partial charge in [-0.25, -0.2) is 0 Å². The van der Waals surface area contributed by atoms with Gasteiger partial charge in [-0.1, -0.05) is 44.2 Å². The first-order valence-electron chi connectivity index (χ1n) is 5.21. The zero-order chi connectivity index (χ0) is 11.5. The van der Waals surface area contributed by atoms with Crippen LogP contribution in [0.3, 0.4) is 0 Å². The molecule has 82 valence electrons. The second kappa shape index (κ2) is 4.58. The van der Waals surface area contributed by atoms with Crippen molar-refractivity contribution in [3.63, 3.8) is 0 Å². The second-order valence-corrected chi connectivity index (χ2v) is 4.63. The predicted octanol–water partition coefficient (Wildman–Crippen LogP) is 2.67. The van der Waals surface area contributed by atoms with Crippen LogP contribution in [0.15, 0.2) is 30.3 Å². The van der Waals surface area contributed by atoms with Crippen LogP contribution in [0.25, 0.3) is 0 Å². The van der Waals surface area contributed by atoms with Crippen LogP contribution in [0.2, 0.25) is 0 Å². The van der Waals surface area contributed by atoms with E-state index < -0.39 is 11.5 Å². The Morgan fingerprint density at radius 2 is 1.87 bits per heavy atom. The van der Waals surface area contributed by atoms with E-state index in [0.717, 1.165) is 0 Å². The Hall–Kier alpha value is -1.15. The third kappa shape index (κ3) is 3.17. The van der Waals surface area contributed by atoms with Crippen molar-refractivity contribution in [2.24, 2.45) is 5.41 Å². The molecule has 0 spiro atoms. The zero-order valence-corrected chi connectivity index (χ0v) is 9.53. The van der Waals surface area contributed by atoms with Crippen molar-refractivity contribution in [3.8, 4) is 0 Å². The van der Waals surface area contributed by atoms with Crippen LogP contribution >= 0.6 is 0 Å². The van der Waals surface area contributed by atoms with E-state index >= 15 is 0 Å². The minimum atomic E-state index is -0.504. The van der Waals surface area contributed by atoms with Crippen LogP contribution in [0.5, 0.6) is 0 Å². The Morgan fingerprint density at radius 3 is 2.33 bits per heavy atom. The van der Waals surface area contributed by atoms with Crippen molar-refractivity contribution < 1.29 is 9.90 Å². The summed E-state index contributed by atoms with van der Waals surface area (Å²) in [5, 5.41) is 9.33. The highest BCUT2D eigenvalue weighted by atomic mass is 16.3. The Labute approximate surface area is 90.9 Å². The fraction of sp³-hybridized carbons (Fsp3) is 0.462. The lowest BCUT2D eigenvalue weighted by atomic mass is 9.80. The summed E-state index contributed by atoms with van der Waals surface area (Å²) in [4.78, 5) is 12.1. The van der Waals surface area contributed by atoms with Crippen LogP contribution < -0.4 is 0 Å². The number of hydrogen-bond acceptors (Lipinski definition) is 2. The van der Waals surface area contributed by atoms with Crippen molar-refractivity contribution in [1.82, 2.24) is 0 Å². The summed E-state index contributed by atoms with van der Waals surface area (Å²) in [6, 6.07) is 9.22. The number of ketones is 1. The molecule has 0 saturated heterocycles. The monoisotopic (exact) mass is 206 g/mol. The molecule has 0 fully saturated rings. The van der Waals surface area contributed by atoms with Gasteiger partial charge in [0.15, 0.2) is 5.78 Å². The summed E-state index contributed by atoms with van der Waals surface area (Å²) < 4.78 is 0. The summed E-state index contributed by atoms with van der Waals surface area (Å²) in [7, 11) is 0. The van der Waals surface area contributed by atoms with Gasteiger partial charge in [0.05, 0.1) is 6.10 Å². The summed E-state index contributed by atoms with van der Waals surface area (Å²) in [6.45, 7) is 5.45. The van der Waals surface area contributed by atoms with E-state index in [1.54, 1.807) is 6.92 Å². The first-order valence-corrected chi connectivity index (χ1v) is 5.21. The molecule has 1 aromatic rings. The van der Waals surface area contributed by atoms with Crippen LogP contribution in [0.4, 0.5) is 0 Å². The molecule has 15 heavy (non-hydrogen) atoms. The highest BCUT2D eigenvalue weighted by Gasteiger charge is 2.29. The molecule has 0 aromatic heterocycles. The van der Waals surface area contributed by atoms with Crippen molar-refractivity contribution in [2.75, 3.05) is 0 Å². The fourth-order valence-corrected chi connectivity index (χ4v) is 1.81. The quantitative estimate of drug-likeness (QED) is 0.769. The number of Topliss-reactive ketones (excluding diaryl/α,β-unsaturated/α-hetero) is 1. The molecule has 2 heteroatoms. The van der Waals surface area contributed by atoms with E-state index in [4.69, 9.17) is 0 Å². The van der Waals surface area contributed by atoms with E-state index in [2.05, 4.69) is 0 Å². The molecule has 1 atom stereocenters. The molecule has 1 unspecified atom stereocenters. The first-order chi connectivity index (χ1) is 6.93. The molecule has 1 rings (SSSR count). The summed E-state index contributed by atoms with van der Waals surface area (Å²) in [5.41, 5.74) is 0.207. The van der Waals surface area contributed by atoms with Gasteiger partial charge in [0.2, 0.25) is 0 Å². The Balaban J connectivity index is 2.85. The van der Waals surface area contributed by atoms with Gasteiger partial charge >= 0.3 is 0 Å². The molecular formula is C13H18O2. The molecular weight excluding hydrogens is 188 g/mol. The number of aliphatic hydroxyl groups excluding tert-OH is 1. The molecule has 0 amide bonds. The van der Waals surface area contributed by atoms with Crippen molar-refractivity contribution in [2.45, 2.75) is 33.3 Å². The highest BCUT2D eigenvalue weighted by Crippen LogP contribution is 2.27. The van der Waals surface area contributed by atoms with Crippen LogP contribution in [-0.4, -0.2) is 17.0 Å². The molecule has 0 aliphatic rings. The largest absolute Gasteiger partial charge is 0.393 e. The molecule has 0 aliphatic carbocycles. The van der Waals surface area contributed by atoms with Crippen LogP contribution in [-0.2, 0) is 0 Å². The van der Waals surface area contributed by atoms with Gasteiger partial charge in [0.1, 0.15) is 0 Å². The second-order valence-electron chi connectivity index (χ2n) is 4.63. The topological polar surface area (TPSA) is 37.3 Å². The summed E-state index contributed by atoms with van der Waals surface area (Å²) in [6.07, 6.45) is 0.0356. The number of aliphatic hydroxyl groups is 1. The lowest BCUT2D eigenvalue weighted by Crippen LogP contribution is -2.28. The normalized spacial score (nSPS) is 13.6. The van der Waals surface area contributed by atoms with Crippen molar-refractivity contribution >= 4 is 5.78 Å². The van der Waals surface area contributed by atoms with Crippen molar-refractivity contribution in [1.29, 1.82) is 0 Å². The average molecular weight is 206 g/mol. The molecule has 1 N–H and O–H groups in total. The maximum absolute atomic E-state index is 12.1. The molecule has 0 aliphatic heterocycles. The lowest BCUT2D eigenvalue weighted by molar-refractivity contribution is 0.0718. The first kappa shape index (κ1) is 11.9. The number of carbonyl (C=O) groups is 1. The number of carbonyl (C=O) groups excluding carboxylic acids is 1. The molecule has 0 saturated carbocycles. The summed E-state index contributed by atoms with van der Waals surface area (Å²) in [5.74, 6) is 0.0870. The average Bonchev–Trinajstić information content (AvgIpc) is 2.16. The number of hydrogen-bond donors (Lipinski definition) is 1. The Bertz CT molecular complexity index is 326. The van der Waals surface area contributed by atoms with E-state index in [-0.39, 0.29) is 5.78 Å². The predicted molar refractivity (Wildman–Crippen MR) is 60.9 cm³/mol. The third-order valence-corrected chi connectivity index (χ3v) is 2.46. The maximum Gasteiger partial charge on any atom is 0.168 e. The Morgan fingerprint density at radius 1 is 1.33 bits per heavy atom. The third-order valence-electron chi connectivity index (χ3n) is 2.46. The van der Waals surface area contributed by atoms with Crippen molar-refractivity contribution in [3.05, 3.63) is 35.9 Å². The molecule has 0 bridgehead atoms. The standard InChI is InChI=1S/C13H18O2/c1-10(14)9-13(2,3)12(15)11-7-5-4-6-8-11/h4-8,10,14H,9H2,1-3H3. The minimum absolute atomic E-state index is 0.0870. The van der Waals surface area contributed by atoms with Gasteiger partial charge in [-0.3, -0.25) is 4.79 Å². The Kier molecular flexibility index (Phi) is 3.64. The van der Waals surface area contributed by atoms with Gasteiger partial charge < -0.3 is 5.11 Å². The molecule has 0 heterocycles. The van der Waals surface area contributed by atoms with E-state index in [1.165, 1.54) is 0 Å². The van der Waals surface area contributed by atoms with E-state index in [1.807, 2.05) is 44.2 Å².